The van der Waals surface area contributed by atoms with Crippen LogP contribution in [0.25, 0.3) is 0 Å². The Labute approximate surface area is 89.1 Å². The van der Waals surface area contributed by atoms with Crippen molar-refractivity contribution in [1.29, 1.82) is 0 Å². The summed E-state index contributed by atoms with van der Waals surface area (Å²) >= 11 is 5.49. The van der Waals surface area contributed by atoms with Gasteiger partial charge in [-0.15, -0.1) is 0 Å². The van der Waals surface area contributed by atoms with Gasteiger partial charge in [0.05, 0.1) is 4.90 Å². The molecule has 0 aromatic heterocycles. The van der Waals surface area contributed by atoms with Crippen molar-refractivity contribution in [2.75, 3.05) is 0 Å². The second-order valence-corrected chi connectivity index (χ2v) is 3.79. The molecule has 0 saturated heterocycles. The van der Waals surface area contributed by atoms with Gasteiger partial charge in [-0.3, -0.25) is 4.55 Å². The molecule has 1 aromatic rings. The summed E-state index contributed by atoms with van der Waals surface area (Å²) in [6.07, 6.45) is 0. The van der Waals surface area contributed by atoms with Crippen molar-refractivity contribution in [2.45, 2.75) is 4.90 Å². The molecule has 0 bridgehead atoms. The second-order valence-electron chi connectivity index (χ2n) is 1.93. The van der Waals surface area contributed by atoms with Crippen molar-refractivity contribution < 1.29 is 33.3 Å². The van der Waals surface area contributed by atoms with Crippen LogP contribution in [-0.4, -0.2) is 13.0 Å². The molecule has 0 aliphatic carbocycles. The Morgan fingerprint density at radius 2 is 1.67 bits per heavy atom. The zero-order chi connectivity index (χ0) is 8.48. The molecule has 0 saturated carbocycles. The molecule has 0 aliphatic rings. The van der Waals surface area contributed by atoms with E-state index in [4.69, 9.17) is 16.2 Å². The predicted octanol–water partition coefficient (Wildman–Crippen LogP) is -1.30. The van der Waals surface area contributed by atoms with Crippen molar-refractivity contribution in [3.8, 4) is 0 Å². The maximum atomic E-state index is 10.5. The quantitative estimate of drug-likeness (QED) is 0.453. The summed E-state index contributed by atoms with van der Waals surface area (Å²) in [5, 5.41) is 0.428. The van der Waals surface area contributed by atoms with Crippen LogP contribution in [0.2, 0.25) is 5.02 Å². The van der Waals surface area contributed by atoms with Crippen LogP contribution in [0.5, 0.6) is 0 Å². The van der Waals surface area contributed by atoms with Gasteiger partial charge in [-0.05, 0) is 24.3 Å². The molecule has 3 nitrogen and oxygen atoms in total. The van der Waals surface area contributed by atoms with E-state index >= 15 is 0 Å². The van der Waals surface area contributed by atoms with Crippen LogP contribution in [0.15, 0.2) is 29.2 Å². The predicted molar refractivity (Wildman–Crippen MR) is 42.4 cm³/mol. The van der Waals surface area contributed by atoms with E-state index in [1.807, 2.05) is 0 Å². The van der Waals surface area contributed by atoms with E-state index in [0.717, 1.165) is 0 Å². The molecule has 0 atom stereocenters. The summed E-state index contributed by atoms with van der Waals surface area (Å²) in [6, 6.07) is 5.25. The molecular formula is C6H6ClLiO3S. The SMILES string of the molecule is O=S(=O)(O)c1ccc(Cl)cc1.[H-].[Li+]. The number of benzene rings is 1. The van der Waals surface area contributed by atoms with Gasteiger partial charge in [-0.2, -0.15) is 8.42 Å². The Bertz CT molecular complexity index is 351. The molecule has 0 amide bonds. The smallest absolute Gasteiger partial charge is 1.00 e. The molecule has 0 unspecified atom stereocenters. The first kappa shape index (κ1) is 12.0. The maximum Gasteiger partial charge on any atom is 1.00 e. The fourth-order valence-corrected chi connectivity index (χ4v) is 1.21. The van der Waals surface area contributed by atoms with Crippen LogP contribution >= 0.6 is 11.6 Å². The molecule has 62 valence electrons. The average molecular weight is 201 g/mol. The summed E-state index contributed by atoms with van der Waals surface area (Å²) in [5.41, 5.74) is 0. The number of hydrogen-bond donors (Lipinski definition) is 1. The Hall–Kier alpha value is 0.0174. The van der Waals surface area contributed by atoms with Crippen molar-refractivity contribution >= 4 is 21.7 Å². The molecule has 0 spiro atoms. The summed E-state index contributed by atoms with van der Waals surface area (Å²) in [5.74, 6) is 0. The third kappa shape index (κ3) is 3.17. The van der Waals surface area contributed by atoms with E-state index in [9.17, 15) is 8.42 Å². The van der Waals surface area contributed by atoms with E-state index in [2.05, 4.69) is 0 Å². The Morgan fingerprint density at radius 3 is 2.00 bits per heavy atom. The monoisotopic (exact) mass is 200 g/mol. The summed E-state index contributed by atoms with van der Waals surface area (Å²) in [4.78, 5) is -0.151. The van der Waals surface area contributed by atoms with Gasteiger partial charge in [0.15, 0.2) is 0 Å². The maximum absolute atomic E-state index is 10.5. The molecule has 0 aliphatic heterocycles. The van der Waals surface area contributed by atoms with Crippen molar-refractivity contribution in [3.63, 3.8) is 0 Å². The van der Waals surface area contributed by atoms with Gasteiger partial charge in [0, 0.05) is 5.02 Å². The molecular weight excluding hydrogens is 195 g/mol. The van der Waals surface area contributed by atoms with Gasteiger partial charge in [-0.25, -0.2) is 0 Å². The minimum absolute atomic E-state index is 0. The zero-order valence-electron chi connectivity index (χ0n) is 7.36. The molecule has 1 aromatic carbocycles. The van der Waals surface area contributed by atoms with Gasteiger partial charge in [0.1, 0.15) is 0 Å². The molecule has 0 heterocycles. The summed E-state index contributed by atoms with van der Waals surface area (Å²) in [6.45, 7) is 0. The minimum atomic E-state index is -4.08. The fourth-order valence-electron chi connectivity index (χ4n) is 0.607. The van der Waals surface area contributed by atoms with Gasteiger partial charge in [0.2, 0.25) is 0 Å². The molecule has 1 rings (SSSR count). The van der Waals surface area contributed by atoms with Gasteiger partial charge < -0.3 is 1.43 Å². The summed E-state index contributed by atoms with van der Waals surface area (Å²) in [7, 11) is -4.08. The van der Waals surface area contributed by atoms with Crippen LogP contribution in [0.3, 0.4) is 0 Å². The molecule has 6 heteroatoms. The third-order valence-corrected chi connectivity index (χ3v) is 2.23. The van der Waals surface area contributed by atoms with Crippen LogP contribution in [0.4, 0.5) is 0 Å². The topological polar surface area (TPSA) is 54.4 Å². The second kappa shape index (κ2) is 4.31. The normalized spacial score (nSPS) is 10.5. The molecule has 0 fully saturated rings. The van der Waals surface area contributed by atoms with Crippen molar-refractivity contribution in [3.05, 3.63) is 29.3 Å². The van der Waals surface area contributed by atoms with E-state index < -0.39 is 10.1 Å². The largest absolute Gasteiger partial charge is 1.00 e. The average Bonchev–Trinajstić information content (AvgIpc) is 1.86. The third-order valence-electron chi connectivity index (χ3n) is 1.11. The van der Waals surface area contributed by atoms with Crippen LogP contribution in [0, 0.1) is 0 Å². The van der Waals surface area contributed by atoms with Crippen LogP contribution < -0.4 is 18.9 Å². The fraction of sp³-hybridized carbons (Fsp3) is 0. The zero-order valence-corrected chi connectivity index (χ0v) is 7.93. The molecule has 1 N–H and O–H groups in total. The number of halogens is 1. The number of rotatable bonds is 1. The van der Waals surface area contributed by atoms with E-state index in [0.29, 0.717) is 5.02 Å². The first-order valence-corrected chi connectivity index (χ1v) is 4.55. The first-order valence-electron chi connectivity index (χ1n) is 2.73. The van der Waals surface area contributed by atoms with Gasteiger partial charge in [0.25, 0.3) is 10.1 Å². The first-order chi connectivity index (χ1) is 5.00. The Balaban J connectivity index is 0. The summed E-state index contributed by atoms with van der Waals surface area (Å²) < 4.78 is 29.4. The van der Waals surface area contributed by atoms with Crippen molar-refractivity contribution in [2.24, 2.45) is 0 Å². The molecule has 12 heavy (non-hydrogen) atoms. The molecule has 0 radical (unpaired) electrons. The Morgan fingerprint density at radius 1 is 1.25 bits per heavy atom. The minimum Gasteiger partial charge on any atom is -1.00 e. The van der Waals surface area contributed by atoms with E-state index in [-0.39, 0.29) is 25.2 Å². The van der Waals surface area contributed by atoms with Crippen molar-refractivity contribution in [1.82, 2.24) is 0 Å². The van der Waals surface area contributed by atoms with E-state index in [1.54, 1.807) is 0 Å². The Kier molecular flexibility index (Phi) is 4.32. The van der Waals surface area contributed by atoms with Gasteiger partial charge >= 0.3 is 18.9 Å². The van der Waals surface area contributed by atoms with Gasteiger partial charge in [-0.1, -0.05) is 11.6 Å². The van der Waals surface area contributed by atoms with Crippen LogP contribution in [-0.2, 0) is 10.1 Å². The standard InChI is InChI=1S/C6H5ClO3S.Li.H/c7-5-1-3-6(4-2-5)11(8,9)10;;/h1-4H,(H,8,9,10);;/q;+1;-1. The van der Waals surface area contributed by atoms with E-state index in [1.165, 1.54) is 24.3 Å². The van der Waals surface area contributed by atoms with Crippen LogP contribution in [0.1, 0.15) is 1.43 Å². The number of hydrogen-bond acceptors (Lipinski definition) is 2.